The highest BCUT2D eigenvalue weighted by atomic mass is 16.1. The largest absolute Gasteiger partial charge is 0.373 e. The van der Waals surface area contributed by atoms with Gasteiger partial charge in [0.15, 0.2) is 0 Å². The van der Waals surface area contributed by atoms with E-state index in [0.717, 1.165) is 11.1 Å². The van der Waals surface area contributed by atoms with Gasteiger partial charge in [0.2, 0.25) is 0 Å². The molecule has 0 saturated carbocycles. The summed E-state index contributed by atoms with van der Waals surface area (Å²) in [6.45, 7) is 3.91. The summed E-state index contributed by atoms with van der Waals surface area (Å²) < 4.78 is 0. The monoisotopic (exact) mass is 279 g/mol. The molecule has 0 radical (unpaired) electrons. The Morgan fingerprint density at radius 2 is 1.81 bits per heavy atom. The Bertz CT molecular complexity index is 654. The number of nitrogens with zero attached hydrogens (tertiary/aromatic N) is 2. The summed E-state index contributed by atoms with van der Waals surface area (Å²) in [5.74, 6) is -0.387. The van der Waals surface area contributed by atoms with Gasteiger partial charge in [0, 0.05) is 0 Å². The van der Waals surface area contributed by atoms with Crippen LogP contribution in [0.1, 0.15) is 24.1 Å². The number of carbonyl (C=O) groups is 1. The molecule has 0 saturated heterocycles. The Balaban J connectivity index is 1.87. The number of nitrogens with one attached hydrogen (secondary N) is 1. The fraction of sp³-hybridized carbons (Fsp3) is 0.176. The summed E-state index contributed by atoms with van der Waals surface area (Å²) in [7, 11) is 0. The van der Waals surface area contributed by atoms with Crippen molar-refractivity contribution in [2.24, 2.45) is 0 Å². The van der Waals surface area contributed by atoms with Crippen molar-refractivity contribution in [1.29, 1.82) is 0 Å². The minimum Gasteiger partial charge on any atom is -0.333 e. The Hall–Kier alpha value is -2.80. The van der Waals surface area contributed by atoms with E-state index in [1.54, 1.807) is 0 Å². The van der Waals surface area contributed by atoms with Crippen molar-refractivity contribution >= 4 is 11.6 Å². The number of hydrogen-bond donors (Lipinski definition) is 1. The predicted molar refractivity (Wildman–Crippen MR) is 84.4 cm³/mol. The van der Waals surface area contributed by atoms with Crippen LogP contribution in [0.2, 0.25) is 0 Å². The van der Waals surface area contributed by atoms with Crippen LogP contribution in [0.3, 0.4) is 0 Å². The lowest BCUT2D eigenvalue weighted by Crippen LogP contribution is -2.24. The second-order valence-corrected chi connectivity index (χ2v) is 4.75. The Kier molecular flexibility index (Phi) is 4.94. The molecule has 0 aliphatic rings. The minimum atomic E-state index is -0.387. The average Bonchev–Trinajstić information content (AvgIpc) is 2.50. The zero-order chi connectivity index (χ0) is 15.1. The molecule has 2 aromatic rings. The molecule has 0 unspecified atom stereocenters. The molecule has 21 heavy (non-hydrogen) atoms. The van der Waals surface area contributed by atoms with Gasteiger partial charge < -0.3 is 5.32 Å². The van der Waals surface area contributed by atoms with E-state index in [1.165, 1.54) is 0 Å². The second-order valence-electron chi connectivity index (χ2n) is 4.75. The topological polar surface area (TPSA) is 47.6 Å². The van der Waals surface area contributed by atoms with Crippen LogP contribution in [0.4, 0.5) is 5.69 Å². The maximum Gasteiger partial charge on any atom is 0.373 e. The number of rotatable bonds is 3. The van der Waals surface area contributed by atoms with Crippen molar-refractivity contribution in [2.75, 3.05) is 0 Å². The van der Waals surface area contributed by atoms with Gasteiger partial charge >= 0.3 is 12.0 Å². The van der Waals surface area contributed by atoms with Gasteiger partial charge in [-0.1, -0.05) is 70.8 Å². The Morgan fingerprint density at radius 1 is 1.14 bits per heavy atom. The fourth-order valence-corrected chi connectivity index (χ4v) is 1.79. The highest BCUT2D eigenvalue weighted by Crippen LogP contribution is 2.18. The first kappa shape index (κ1) is 14.6. The van der Waals surface area contributed by atoms with Gasteiger partial charge in [0.05, 0.1) is 6.04 Å². The van der Waals surface area contributed by atoms with Crippen molar-refractivity contribution in [3.05, 3.63) is 76.1 Å². The first-order valence-electron chi connectivity index (χ1n) is 6.74. The maximum atomic E-state index is 11.7. The van der Waals surface area contributed by atoms with Gasteiger partial charge in [-0.15, -0.1) is 0 Å². The molecule has 0 fully saturated rings. The van der Waals surface area contributed by atoms with E-state index in [-0.39, 0.29) is 11.9 Å². The predicted octanol–water partition coefficient (Wildman–Crippen LogP) is 4.13. The minimum absolute atomic E-state index is 0.0965. The number of aryl methyl sites for hydroxylation is 1. The molecule has 4 heteroatoms. The first-order chi connectivity index (χ1) is 10.1. The number of carbonyl (C=O) groups excluding carboxylic acids is 1. The van der Waals surface area contributed by atoms with Crippen molar-refractivity contribution in [1.82, 2.24) is 5.32 Å². The molecule has 0 spiro atoms. The van der Waals surface area contributed by atoms with Crippen LogP contribution in [0.5, 0.6) is 0 Å². The molecule has 0 bridgehead atoms. The van der Waals surface area contributed by atoms with Crippen LogP contribution < -0.4 is 5.32 Å². The second kappa shape index (κ2) is 7.11. The molecule has 1 N–H and O–H groups in total. The van der Waals surface area contributed by atoms with Crippen molar-refractivity contribution < 1.29 is 4.79 Å². The molecule has 0 heterocycles. The molecule has 2 aromatic carbocycles. The Morgan fingerprint density at radius 3 is 2.48 bits per heavy atom. The molecule has 106 valence electrons. The van der Waals surface area contributed by atoms with Crippen molar-refractivity contribution in [3.8, 4) is 6.07 Å². The van der Waals surface area contributed by atoms with Crippen LogP contribution in [-0.4, -0.2) is 5.91 Å². The third-order valence-corrected chi connectivity index (χ3v) is 3.00. The lowest BCUT2D eigenvalue weighted by molar-refractivity contribution is -0.116. The summed E-state index contributed by atoms with van der Waals surface area (Å²) in [5.41, 5.74) is 6.79. The van der Waals surface area contributed by atoms with Crippen LogP contribution in [-0.2, 0) is 4.79 Å². The van der Waals surface area contributed by atoms with E-state index in [4.69, 9.17) is 0 Å². The average molecular weight is 279 g/mol. The SMILES string of the molecule is Cc1ccc([N-][N+]#CC(=O)N[C@@H](C)c2ccccc2)cc1. The lowest BCUT2D eigenvalue weighted by Gasteiger charge is -2.10. The van der Waals surface area contributed by atoms with Gasteiger partial charge in [-0.25, -0.2) is 0 Å². The summed E-state index contributed by atoms with van der Waals surface area (Å²) >= 11 is 0. The van der Waals surface area contributed by atoms with E-state index in [2.05, 4.69) is 21.8 Å². The van der Waals surface area contributed by atoms with Crippen LogP contribution in [0.25, 0.3) is 10.4 Å². The highest BCUT2D eigenvalue weighted by molar-refractivity contribution is 5.93. The van der Waals surface area contributed by atoms with E-state index >= 15 is 0 Å². The molecule has 1 amide bonds. The highest BCUT2D eigenvalue weighted by Gasteiger charge is 2.10. The van der Waals surface area contributed by atoms with Gasteiger partial charge in [-0.2, -0.15) is 0 Å². The van der Waals surface area contributed by atoms with E-state index in [0.29, 0.717) is 5.69 Å². The molecule has 0 aliphatic carbocycles. The fourth-order valence-electron chi connectivity index (χ4n) is 1.79. The van der Waals surface area contributed by atoms with E-state index in [1.807, 2.05) is 68.4 Å². The van der Waals surface area contributed by atoms with Crippen LogP contribution in [0.15, 0.2) is 54.6 Å². The van der Waals surface area contributed by atoms with Gasteiger partial charge in [0.1, 0.15) is 0 Å². The molecular formula is C17H17N3O. The number of benzene rings is 2. The maximum absolute atomic E-state index is 11.7. The number of hydrogen-bond acceptors (Lipinski definition) is 1. The molecule has 0 aliphatic heterocycles. The molecule has 1 atom stereocenters. The van der Waals surface area contributed by atoms with Crippen LogP contribution >= 0.6 is 0 Å². The van der Waals surface area contributed by atoms with Gasteiger partial charge in [0.25, 0.3) is 0 Å². The summed E-state index contributed by atoms with van der Waals surface area (Å²) in [4.78, 5) is 15.4. The van der Waals surface area contributed by atoms with Crippen molar-refractivity contribution in [2.45, 2.75) is 19.9 Å². The third kappa shape index (κ3) is 4.66. The Labute approximate surface area is 124 Å². The van der Waals surface area contributed by atoms with E-state index < -0.39 is 0 Å². The number of amides is 1. The molecule has 0 aromatic heterocycles. The smallest absolute Gasteiger partial charge is 0.333 e. The normalized spacial score (nSPS) is 11.0. The third-order valence-electron chi connectivity index (χ3n) is 3.00. The van der Waals surface area contributed by atoms with Gasteiger partial charge in [-0.05, 0) is 19.4 Å². The molecular weight excluding hydrogens is 262 g/mol. The zero-order valence-electron chi connectivity index (χ0n) is 12.1. The molecule has 2 rings (SSSR count). The van der Waals surface area contributed by atoms with Crippen molar-refractivity contribution in [3.63, 3.8) is 0 Å². The summed E-state index contributed by atoms with van der Waals surface area (Å²) in [6, 6.07) is 19.5. The first-order valence-corrected chi connectivity index (χ1v) is 6.74. The molecule has 4 nitrogen and oxygen atoms in total. The standard InChI is InChI=1S/C17H17N3O/c1-13-8-10-16(11-9-13)20-18-12-17(21)19-14(2)15-6-4-3-5-7-15/h3-11,14H,1-2H3,(H,19,21)/t14-/m0/s1. The van der Waals surface area contributed by atoms with E-state index in [9.17, 15) is 4.79 Å². The summed E-state index contributed by atoms with van der Waals surface area (Å²) in [6.07, 6.45) is 0. The zero-order valence-corrected chi connectivity index (χ0v) is 12.1. The summed E-state index contributed by atoms with van der Waals surface area (Å²) in [5, 5.41) is 2.79. The van der Waals surface area contributed by atoms with Crippen LogP contribution in [0, 0.1) is 13.0 Å². The quantitative estimate of drug-likeness (QED) is 0.666. The lowest BCUT2D eigenvalue weighted by atomic mass is 10.1. The van der Waals surface area contributed by atoms with Gasteiger partial charge in [-0.3, -0.25) is 10.2 Å².